The number of anilines is 1. The minimum Gasteiger partial charge on any atom is -0.445 e. The number of nitrogens with zero attached hydrogens (tertiary/aromatic N) is 1. The zero-order valence-electron chi connectivity index (χ0n) is 17.0. The first-order valence-corrected chi connectivity index (χ1v) is 10.7. The summed E-state index contributed by atoms with van der Waals surface area (Å²) in [7, 11) is 0. The van der Waals surface area contributed by atoms with Gasteiger partial charge in [0.1, 0.15) is 6.61 Å². The summed E-state index contributed by atoms with van der Waals surface area (Å²) in [6.45, 7) is 0.139. The maximum Gasteiger partial charge on any atom is 0.409 e. The van der Waals surface area contributed by atoms with Gasteiger partial charge in [-0.2, -0.15) is 0 Å². The van der Waals surface area contributed by atoms with Crippen LogP contribution in [0.3, 0.4) is 0 Å². The number of ether oxygens (including phenoxy) is 1. The predicted octanol–water partition coefficient (Wildman–Crippen LogP) is 4.65. The molecule has 0 bridgehead atoms. The van der Waals surface area contributed by atoms with Gasteiger partial charge >= 0.3 is 6.09 Å². The molecule has 6 heteroatoms. The third-order valence-corrected chi connectivity index (χ3v) is 5.69. The Labute approximate surface area is 176 Å². The number of benzene rings is 2. The van der Waals surface area contributed by atoms with E-state index in [1.165, 1.54) is 12.8 Å². The molecule has 1 heterocycles. The fourth-order valence-corrected chi connectivity index (χ4v) is 4.14. The van der Waals surface area contributed by atoms with Gasteiger partial charge in [-0.3, -0.25) is 15.1 Å². The van der Waals surface area contributed by atoms with E-state index >= 15 is 0 Å². The number of aliphatic imine (C=N–C) groups is 1. The Hall–Kier alpha value is -3.15. The fraction of sp³-hybridized carbons (Fsp3) is 0.375. The highest BCUT2D eigenvalue weighted by molar-refractivity contribution is 6.13. The minimum absolute atomic E-state index is 0.139. The van der Waals surface area contributed by atoms with Crippen molar-refractivity contribution in [2.24, 2.45) is 10.9 Å². The van der Waals surface area contributed by atoms with E-state index < -0.39 is 12.3 Å². The Morgan fingerprint density at radius 2 is 1.70 bits per heavy atom. The molecule has 1 fully saturated rings. The SMILES string of the molecule is O=C(N[C@@H]1N=C(C2CCCCCC2)c2ccccc2NC1=O)OCc1ccccc1. The van der Waals surface area contributed by atoms with Crippen molar-refractivity contribution in [1.29, 1.82) is 0 Å². The van der Waals surface area contributed by atoms with Crippen LogP contribution in [0, 0.1) is 5.92 Å². The summed E-state index contributed by atoms with van der Waals surface area (Å²) in [6, 6.07) is 17.2. The molecule has 0 radical (unpaired) electrons. The first-order valence-electron chi connectivity index (χ1n) is 10.7. The van der Waals surface area contributed by atoms with Crippen molar-refractivity contribution in [3.8, 4) is 0 Å². The van der Waals surface area contributed by atoms with Crippen molar-refractivity contribution in [3.63, 3.8) is 0 Å². The number of hydrogen-bond acceptors (Lipinski definition) is 4. The molecule has 2 aromatic rings. The topological polar surface area (TPSA) is 79.8 Å². The number of alkyl carbamates (subject to hydrolysis) is 1. The lowest BCUT2D eigenvalue weighted by Gasteiger charge is -2.19. The number of carbonyl (C=O) groups is 2. The highest BCUT2D eigenvalue weighted by Gasteiger charge is 2.30. The van der Waals surface area contributed by atoms with E-state index in [4.69, 9.17) is 9.73 Å². The molecule has 1 atom stereocenters. The summed E-state index contributed by atoms with van der Waals surface area (Å²) in [6.07, 6.45) is 5.20. The lowest BCUT2D eigenvalue weighted by Crippen LogP contribution is -2.42. The summed E-state index contributed by atoms with van der Waals surface area (Å²) in [5.41, 5.74) is 3.47. The van der Waals surface area contributed by atoms with Crippen LogP contribution >= 0.6 is 0 Å². The minimum atomic E-state index is -1.01. The molecule has 1 saturated carbocycles. The van der Waals surface area contributed by atoms with Crippen molar-refractivity contribution in [2.75, 3.05) is 5.32 Å². The number of para-hydroxylation sites is 1. The number of fused-ring (bicyclic) bond motifs is 1. The van der Waals surface area contributed by atoms with Gasteiger partial charge in [0.2, 0.25) is 6.17 Å². The third kappa shape index (κ3) is 4.87. The van der Waals surface area contributed by atoms with Crippen LogP contribution in [0.5, 0.6) is 0 Å². The highest BCUT2D eigenvalue weighted by Crippen LogP contribution is 2.31. The van der Waals surface area contributed by atoms with Crippen LogP contribution in [0.1, 0.15) is 49.7 Å². The van der Waals surface area contributed by atoms with Gasteiger partial charge in [0.15, 0.2) is 0 Å². The molecule has 2 aromatic carbocycles. The van der Waals surface area contributed by atoms with Gasteiger partial charge in [-0.05, 0) is 24.5 Å². The van der Waals surface area contributed by atoms with Crippen LogP contribution < -0.4 is 10.6 Å². The second-order valence-corrected chi connectivity index (χ2v) is 7.85. The molecule has 2 N–H and O–H groups in total. The van der Waals surface area contributed by atoms with Crippen LogP contribution in [-0.4, -0.2) is 23.9 Å². The van der Waals surface area contributed by atoms with Crippen LogP contribution in [0.15, 0.2) is 59.6 Å². The molecular weight excluding hydrogens is 378 g/mol. The van der Waals surface area contributed by atoms with E-state index in [-0.39, 0.29) is 18.4 Å². The van der Waals surface area contributed by atoms with Crippen LogP contribution in [0.25, 0.3) is 0 Å². The molecule has 1 aliphatic heterocycles. The maximum absolute atomic E-state index is 12.8. The number of benzodiazepines with no additional fused rings is 1. The number of nitrogens with one attached hydrogen (secondary N) is 2. The zero-order valence-corrected chi connectivity index (χ0v) is 17.0. The fourth-order valence-electron chi connectivity index (χ4n) is 4.14. The van der Waals surface area contributed by atoms with Crippen molar-refractivity contribution in [3.05, 3.63) is 65.7 Å². The Morgan fingerprint density at radius 3 is 2.47 bits per heavy atom. The average Bonchev–Trinajstić information content (AvgIpc) is 3.12. The predicted molar refractivity (Wildman–Crippen MR) is 116 cm³/mol. The highest BCUT2D eigenvalue weighted by atomic mass is 16.5. The Balaban J connectivity index is 1.54. The maximum atomic E-state index is 12.8. The monoisotopic (exact) mass is 405 g/mol. The van der Waals surface area contributed by atoms with Crippen molar-refractivity contribution < 1.29 is 14.3 Å². The third-order valence-electron chi connectivity index (χ3n) is 5.69. The van der Waals surface area contributed by atoms with Gasteiger partial charge in [-0.1, -0.05) is 74.2 Å². The van der Waals surface area contributed by atoms with Crippen molar-refractivity contribution >= 4 is 23.4 Å². The van der Waals surface area contributed by atoms with Gasteiger partial charge in [0, 0.05) is 17.2 Å². The first-order chi connectivity index (χ1) is 14.7. The molecule has 0 spiro atoms. The molecule has 156 valence electrons. The standard InChI is InChI=1S/C24H27N3O3/c28-23-22(27-24(29)30-16-17-10-4-3-5-11-17)26-21(18-12-6-1-2-7-13-18)19-14-8-9-15-20(19)25-23/h3-5,8-11,14-15,18,22H,1-2,6-7,12-13,16H2,(H,25,28)(H,27,29)/t22-/m0/s1. The number of carbonyl (C=O) groups excluding carboxylic acids is 2. The van der Waals surface area contributed by atoms with E-state index in [1.807, 2.05) is 54.6 Å². The average molecular weight is 405 g/mol. The van der Waals surface area contributed by atoms with E-state index in [2.05, 4.69) is 10.6 Å². The van der Waals surface area contributed by atoms with E-state index in [0.29, 0.717) is 0 Å². The molecule has 1 aliphatic carbocycles. The molecule has 30 heavy (non-hydrogen) atoms. The second kappa shape index (κ2) is 9.57. The first kappa shape index (κ1) is 20.1. The quantitative estimate of drug-likeness (QED) is 0.727. The second-order valence-electron chi connectivity index (χ2n) is 7.85. The molecule has 2 aliphatic rings. The van der Waals surface area contributed by atoms with E-state index in [9.17, 15) is 9.59 Å². The normalized spacial score (nSPS) is 19.5. The van der Waals surface area contributed by atoms with E-state index in [0.717, 1.165) is 48.2 Å². The summed E-state index contributed by atoms with van der Waals surface area (Å²) in [4.78, 5) is 29.9. The zero-order chi connectivity index (χ0) is 20.8. The molecule has 0 unspecified atom stereocenters. The van der Waals surface area contributed by atoms with Gasteiger partial charge in [0.25, 0.3) is 5.91 Å². The Morgan fingerprint density at radius 1 is 1.00 bits per heavy atom. The summed E-state index contributed by atoms with van der Waals surface area (Å²) < 4.78 is 5.30. The molecule has 6 nitrogen and oxygen atoms in total. The lowest BCUT2D eigenvalue weighted by molar-refractivity contribution is -0.117. The van der Waals surface area contributed by atoms with E-state index in [1.54, 1.807) is 0 Å². The number of rotatable bonds is 4. The van der Waals surface area contributed by atoms with Crippen LogP contribution in [0.4, 0.5) is 10.5 Å². The summed E-state index contributed by atoms with van der Waals surface area (Å²) in [5.74, 6) is -0.0753. The van der Waals surface area contributed by atoms with Crippen molar-refractivity contribution in [2.45, 2.75) is 51.3 Å². The smallest absolute Gasteiger partial charge is 0.409 e. The van der Waals surface area contributed by atoms with Gasteiger partial charge < -0.3 is 10.1 Å². The summed E-state index contributed by atoms with van der Waals surface area (Å²) in [5, 5.41) is 5.55. The molecule has 0 saturated heterocycles. The Kier molecular flexibility index (Phi) is 6.42. The number of hydrogen-bond donors (Lipinski definition) is 2. The molecule has 0 aromatic heterocycles. The Bertz CT molecular complexity index is 918. The molecule has 4 rings (SSSR count). The molecular formula is C24H27N3O3. The molecule has 2 amide bonds. The van der Waals surface area contributed by atoms with Crippen LogP contribution in [-0.2, 0) is 16.1 Å². The van der Waals surface area contributed by atoms with Gasteiger partial charge in [-0.15, -0.1) is 0 Å². The van der Waals surface area contributed by atoms with Gasteiger partial charge in [0.05, 0.1) is 5.71 Å². The summed E-state index contributed by atoms with van der Waals surface area (Å²) >= 11 is 0. The van der Waals surface area contributed by atoms with Crippen LogP contribution in [0.2, 0.25) is 0 Å². The van der Waals surface area contributed by atoms with Crippen molar-refractivity contribution in [1.82, 2.24) is 5.32 Å². The van der Waals surface area contributed by atoms with Gasteiger partial charge in [-0.25, -0.2) is 4.79 Å². The largest absolute Gasteiger partial charge is 0.445 e. The number of amides is 2. The lowest BCUT2D eigenvalue weighted by atomic mass is 9.89.